The molecule has 3 saturated heterocycles. The molecule has 7 rings (SSSR count). The summed E-state index contributed by atoms with van der Waals surface area (Å²) in [6.07, 6.45) is 2.46. The van der Waals surface area contributed by atoms with Crippen molar-refractivity contribution >= 4 is 39.2 Å². The number of likely N-dealkylation sites (tertiary alicyclic amines) is 1. The highest BCUT2D eigenvalue weighted by atomic mass is 35.5. The molecule has 11 heteroatoms. The summed E-state index contributed by atoms with van der Waals surface area (Å²) < 4.78 is 16.8. The maximum absolute atomic E-state index is 16.8. The zero-order chi connectivity index (χ0) is 27.8. The van der Waals surface area contributed by atoms with Crippen molar-refractivity contribution in [1.29, 1.82) is 0 Å². The maximum Gasteiger partial charge on any atom is 0.161 e. The molecule has 1 spiro atoms. The SMILES string of the molecule is Cc1ccc2[nH]ncc2c1-c1c(Cl)cc2c(N3CCC4(CC3)CNC4)nc(C(O)C3CC(O)CN3C)nc2c1F. The van der Waals surface area contributed by atoms with Crippen LogP contribution in [-0.4, -0.2) is 87.2 Å². The Hall–Kier alpha value is -2.89. The number of benzene rings is 2. The van der Waals surface area contributed by atoms with E-state index in [4.69, 9.17) is 16.6 Å². The van der Waals surface area contributed by atoms with Crippen molar-refractivity contribution < 1.29 is 14.6 Å². The van der Waals surface area contributed by atoms with E-state index in [1.165, 1.54) is 0 Å². The number of anilines is 1. The van der Waals surface area contributed by atoms with Gasteiger partial charge < -0.3 is 20.4 Å². The molecule has 0 aliphatic carbocycles. The molecule has 3 aliphatic rings. The number of halogens is 2. The van der Waals surface area contributed by atoms with Crippen molar-refractivity contribution in [2.75, 3.05) is 44.7 Å². The summed E-state index contributed by atoms with van der Waals surface area (Å²) in [4.78, 5) is 13.6. The summed E-state index contributed by atoms with van der Waals surface area (Å²) in [5, 5.41) is 33.7. The topological polar surface area (TPSA) is 113 Å². The molecule has 5 heterocycles. The van der Waals surface area contributed by atoms with E-state index in [2.05, 4.69) is 25.4 Å². The van der Waals surface area contributed by atoms with Crippen LogP contribution in [-0.2, 0) is 0 Å². The Bertz CT molecular complexity index is 1610. The van der Waals surface area contributed by atoms with Gasteiger partial charge in [-0.3, -0.25) is 10.00 Å². The van der Waals surface area contributed by atoms with E-state index in [9.17, 15) is 10.2 Å². The number of nitrogens with zero attached hydrogens (tertiary/aromatic N) is 5. The van der Waals surface area contributed by atoms with Crippen LogP contribution in [0, 0.1) is 18.2 Å². The fourth-order valence-corrected chi connectivity index (χ4v) is 7.11. The first-order chi connectivity index (χ1) is 19.2. The maximum atomic E-state index is 16.8. The fraction of sp³-hybridized carbons (Fsp3) is 0.483. The number of rotatable bonds is 4. The van der Waals surface area contributed by atoms with Gasteiger partial charge in [0.25, 0.3) is 0 Å². The molecule has 2 aromatic carbocycles. The van der Waals surface area contributed by atoms with Gasteiger partial charge in [0, 0.05) is 60.7 Å². The zero-order valence-electron chi connectivity index (χ0n) is 22.6. The molecule has 4 aromatic rings. The highest BCUT2D eigenvalue weighted by Crippen LogP contribution is 2.44. The number of aliphatic hydroxyl groups excluding tert-OH is 2. The third-order valence-electron chi connectivity index (χ3n) is 9.29. The van der Waals surface area contributed by atoms with Crippen molar-refractivity contribution in [2.24, 2.45) is 5.41 Å². The van der Waals surface area contributed by atoms with Crippen LogP contribution in [0.1, 0.15) is 36.8 Å². The van der Waals surface area contributed by atoms with Crippen LogP contribution >= 0.6 is 11.6 Å². The minimum Gasteiger partial charge on any atom is -0.392 e. The van der Waals surface area contributed by atoms with Gasteiger partial charge in [0.1, 0.15) is 17.4 Å². The van der Waals surface area contributed by atoms with Crippen LogP contribution in [0.4, 0.5) is 10.2 Å². The second-order valence-electron chi connectivity index (χ2n) is 11.9. The Balaban J connectivity index is 1.41. The van der Waals surface area contributed by atoms with Crippen molar-refractivity contribution in [3.63, 3.8) is 0 Å². The second-order valence-corrected chi connectivity index (χ2v) is 12.3. The third kappa shape index (κ3) is 4.08. The lowest BCUT2D eigenvalue weighted by atomic mass is 9.73. The van der Waals surface area contributed by atoms with Gasteiger partial charge in [-0.05, 0) is 56.3 Å². The molecule has 3 atom stereocenters. The molecular formula is C29H33ClFN7O2. The number of hydrogen-bond donors (Lipinski definition) is 4. The monoisotopic (exact) mass is 565 g/mol. The highest BCUT2D eigenvalue weighted by Gasteiger charge is 2.41. The first-order valence-corrected chi connectivity index (χ1v) is 14.3. The first kappa shape index (κ1) is 26.0. The minimum absolute atomic E-state index is 0.130. The van der Waals surface area contributed by atoms with E-state index in [-0.39, 0.29) is 28.0 Å². The molecule has 4 N–H and O–H groups in total. The average Bonchev–Trinajstić information content (AvgIpc) is 3.53. The molecule has 0 amide bonds. The van der Waals surface area contributed by atoms with Crippen molar-refractivity contribution in [2.45, 2.75) is 44.4 Å². The van der Waals surface area contributed by atoms with Gasteiger partial charge in [-0.25, -0.2) is 14.4 Å². The van der Waals surface area contributed by atoms with Crippen LogP contribution in [0.15, 0.2) is 24.4 Å². The molecule has 3 aliphatic heterocycles. The molecule has 0 saturated carbocycles. The number of β-amino-alcohol motifs (C(OH)–C–C–N with tert-alkyl or cyclic N) is 1. The molecule has 40 heavy (non-hydrogen) atoms. The zero-order valence-corrected chi connectivity index (χ0v) is 23.3. The number of aryl methyl sites for hydroxylation is 1. The largest absolute Gasteiger partial charge is 0.392 e. The van der Waals surface area contributed by atoms with E-state index >= 15 is 4.39 Å². The Morgan fingerprint density at radius 3 is 2.60 bits per heavy atom. The Kier molecular flexibility index (Phi) is 6.25. The van der Waals surface area contributed by atoms with Gasteiger partial charge in [-0.15, -0.1) is 0 Å². The van der Waals surface area contributed by atoms with E-state index in [0.717, 1.165) is 55.5 Å². The molecule has 9 nitrogen and oxygen atoms in total. The van der Waals surface area contributed by atoms with E-state index in [0.29, 0.717) is 35.1 Å². The number of H-pyrrole nitrogens is 1. The predicted octanol–water partition coefficient (Wildman–Crippen LogP) is 3.56. The van der Waals surface area contributed by atoms with E-state index in [1.54, 1.807) is 12.3 Å². The number of aliphatic hydroxyl groups is 2. The summed E-state index contributed by atoms with van der Waals surface area (Å²) in [5.41, 5.74) is 3.02. The Morgan fingerprint density at radius 2 is 1.93 bits per heavy atom. The van der Waals surface area contributed by atoms with Gasteiger partial charge in [-0.1, -0.05) is 17.7 Å². The number of nitrogens with one attached hydrogen (secondary N) is 2. The lowest BCUT2D eigenvalue weighted by molar-refractivity contribution is 0.0781. The molecule has 2 aromatic heterocycles. The lowest BCUT2D eigenvalue weighted by Crippen LogP contribution is -2.58. The smallest absolute Gasteiger partial charge is 0.161 e. The normalized spacial score (nSPS) is 23.8. The van der Waals surface area contributed by atoms with Crippen LogP contribution in [0.3, 0.4) is 0 Å². The number of aromatic amines is 1. The lowest BCUT2D eigenvalue weighted by Gasteiger charge is -2.48. The predicted molar refractivity (Wildman–Crippen MR) is 153 cm³/mol. The Labute approximate surface area is 236 Å². The summed E-state index contributed by atoms with van der Waals surface area (Å²) in [7, 11) is 1.86. The minimum atomic E-state index is -1.09. The van der Waals surface area contributed by atoms with Gasteiger partial charge in [-0.2, -0.15) is 5.10 Å². The number of piperidine rings is 1. The van der Waals surface area contributed by atoms with E-state index in [1.807, 2.05) is 31.0 Å². The van der Waals surface area contributed by atoms with Crippen LogP contribution in [0.2, 0.25) is 5.02 Å². The third-order valence-corrected chi connectivity index (χ3v) is 9.59. The van der Waals surface area contributed by atoms with E-state index < -0.39 is 18.0 Å². The summed E-state index contributed by atoms with van der Waals surface area (Å²) >= 11 is 6.87. The van der Waals surface area contributed by atoms with Crippen molar-refractivity contribution in [3.8, 4) is 11.1 Å². The number of hydrogen-bond acceptors (Lipinski definition) is 8. The van der Waals surface area contributed by atoms with Gasteiger partial charge >= 0.3 is 0 Å². The fourth-order valence-electron chi connectivity index (χ4n) is 6.83. The quantitative estimate of drug-likeness (QED) is 0.297. The van der Waals surface area contributed by atoms with Crippen LogP contribution in [0.5, 0.6) is 0 Å². The van der Waals surface area contributed by atoms with Crippen molar-refractivity contribution in [3.05, 3.63) is 46.6 Å². The molecule has 0 radical (unpaired) electrons. The average molecular weight is 566 g/mol. The highest BCUT2D eigenvalue weighted by molar-refractivity contribution is 6.35. The molecular weight excluding hydrogens is 533 g/mol. The number of likely N-dealkylation sites (N-methyl/N-ethyl adjacent to an activating group) is 1. The first-order valence-electron chi connectivity index (χ1n) is 13.9. The van der Waals surface area contributed by atoms with Gasteiger partial charge in [0.2, 0.25) is 0 Å². The van der Waals surface area contributed by atoms with Crippen LogP contribution in [0.25, 0.3) is 32.9 Å². The molecule has 0 bridgehead atoms. The molecule has 210 valence electrons. The number of aromatic nitrogens is 4. The number of fused-ring (bicyclic) bond motifs is 2. The van der Waals surface area contributed by atoms with Gasteiger partial charge in [0.05, 0.1) is 22.8 Å². The molecule has 3 unspecified atom stereocenters. The van der Waals surface area contributed by atoms with Crippen molar-refractivity contribution in [1.82, 2.24) is 30.4 Å². The standard InChI is InChI=1S/C29H33ClFN7O2/c1-15-3-4-20-18(11-33-36-20)22(15)23-19(30)10-17-25(24(23)31)34-27(26(40)21-9-16(39)12-37(21)2)35-28(17)38-7-5-29(6-8-38)13-32-14-29/h3-4,10-11,16,21,26,32,39-40H,5-9,12-14H2,1-2H3,(H,33,36). The summed E-state index contributed by atoms with van der Waals surface area (Å²) in [6, 6.07) is 5.22. The van der Waals surface area contributed by atoms with Crippen LogP contribution < -0.4 is 10.2 Å². The summed E-state index contributed by atoms with van der Waals surface area (Å²) in [5.74, 6) is 0.199. The molecule has 3 fully saturated rings. The Morgan fingerprint density at radius 1 is 1.15 bits per heavy atom. The second kappa shape index (κ2) is 9.60. The van der Waals surface area contributed by atoms with Gasteiger partial charge in [0.15, 0.2) is 11.6 Å². The summed E-state index contributed by atoms with van der Waals surface area (Å²) in [6.45, 7) is 5.97.